The zero-order chi connectivity index (χ0) is 13.5. The molecule has 0 amide bonds. The number of hydrogen-bond donors (Lipinski definition) is 1. The third-order valence-electron chi connectivity index (χ3n) is 3.86. The summed E-state index contributed by atoms with van der Waals surface area (Å²) in [6, 6.07) is 7.20. The first-order chi connectivity index (χ1) is 9.06. The van der Waals surface area contributed by atoms with Gasteiger partial charge in [0.15, 0.2) is 9.84 Å². The smallest absolute Gasteiger partial charge is 0.180 e. The van der Waals surface area contributed by atoms with E-state index in [4.69, 9.17) is 0 Å². The van der Waals surface area contributed by atoms with Crippen LogP contribution in [0.1, 0.15) is 11.6 Å². The highest BCUT2D eigenvalue weighted by Gasteiger charge is 2.35. The Labute approximate surface area is 114 Å². The van der Waals surface area contributed by atoms with E-state index >= 15 is 0 Å². The molecule has 0 spiro atoms. The van der Waals surface area contributed by atoms with Gasteiger partial charge in [-0.3, -0.25) is 0 Å². The number of nitrogens with zero attached hydrogens (tertiary/aromatic N) is 2. The van der Waals surface area contributed by atoms with Gasteiger partial charge in [-0.15, -0.1) is 0 Å². The molecule has 2 aliphatic rings. The van der Waals surface area contributed by atoms with Crippen molar-refractivity contribution >= 4 is 9.84 Å². The standard InChI is InChI=1S/C13H19N3O2S/c1-15-6-8-16(9-7-15)14-12-10-19(17,18)13-5-3-2-4-11(12)13/h2-5,12,14H,6-10H2,1H3. The third-order valence-corrected chi connectivity index (χ3v) is 5.67. The molecule has 1 aromatic carbocycles. The van der Waals surface area contributed by atoms with E-state index in [1.165, 1.54) is 0 Å². The van der Waals surface area contributed by atoms with E-state index in [1.807, 2.05) is 12.1 Å². The number of sulfone groups is 1. The molecule has 1 saturated heterocycles. The maximum atomic E-state index is 12.1. The molecule has 1 unspecified atom stereocenters. The quantitative estimate of drug-likeness (QED) is 0.843. The Morgan fingerprint density at radius 3 is 2.58 bits per heavy atom. The largest absolute Gasteiger partial charge is 0.304 e. The minimum absolute atomic E-state index is 0.107. The zero-order valence-electron chi connectivity index (χ0n) is 11.0. The van der Waals surface area contributed by atoms with Crippen LogP contribution in [0.15, 0.2) is 29.2 Å². The van der Waals surface area contributed by atoms with Gasteiger partial charge >= 0.3 is 0 Å². The molecule has 0 aliphatic carbocycles. The molecule has 6 heteroatoms. The minimum atomic E-state index is -3.12. The molecule has 0 radical (unpaired) electrons. The molecular formula is C13H19N3O2S. The van der Waals surface area contributed by atoms with Gasteiger partial charge in [0, 0.05) is 26.2 Å². The second-order valence-electron chi connectivity index (χ2n) is 5.29. The van der Waals surface area contributed by atoms with Crippen LogP contribution in [-0.2, 0) is 9.84 Å². The number of hydrogen-bond acceptors (Lipinski definition) is 5. The average Bonchev–Trinajstić information content (AvgIpc) is 2.65. The Bertz CT molecular complexity index is 565. The van der Waals surface area contributed by atoms with Crippen LogP contribution in [0.2, 0.25) is 0 Å². The fourth-order valence-electron chi connectivity index (χ4n) is 2.71. The molecule has 104 valence electrons. The van der Waals surface area contributed by atoms with Crippen LogP contribution in [0, 0.1) is 0 Å². The van der Waals surface area contributed by atoms with Crippen molar-refractivity contribution < 1.29 is 8.42 Å². The van der Waals surface area contributed by atoms with Crippen molar-refractivity contribution in [1.29, 1.82) is 0 Å². The Morgan fingerprint density at radius 2 is 1.84 bits per heavy atom. The lowest BCUT2D eigenvalue weighted by Crippen LogP contribution is -2.51. The van der Waals surface area contributed by atoms with Crippen molar-refractivity contribution in [1.82, 2.24) is 15.3 Å². The normalized spacial score (nSPS) is 27.3. The van der Waals surface area contributed by atoms with E-state index in [9.17, 15) is 8.42 Å². The van der Waals surface area contributed by atoms with Crippen LogP contribution in [0.5, 0.6) is 0 Å². The van der Waals surface area contributed by atoms with Gasteiger partial charge in [0.1, 0.15) is 0 Å². The summed E-state index contributed by atoms with van der Waals surface area (Å²) in [7, 11) is -1.01. The van der Waals surface area contributed by atoms with E-state index in [0.717, 1.165) is 31.7 Å². The summed E-state index contributed by atoms with van der Waals surface area (Å²) in [4.78, 5) is 2.76. The summed E-state index contributed by atoms with van der Waals surface area (Å²) in [5.74, 6) is 0.165. The first kappa shape index (κ1) is 13.1. The summed E-state index contributed by atoms with van der Waals surface area (Å²) < 4.78 is 24.2. The van der Waals surface area contributed by atoms with Crippen LogP contribution >= 0.6 is 0 Å². The summed E-state index contributed by atoms with van der Waals surface area (Å²) in [5, 5.41) is 2.14. The van der Waals surface area contributed by atoms with Crippen molar-refractivity contribution in [2.45, 2.75) is 10.9 Å². The first-order valence-electron chi connectivity index (χ1n) is 6.57. The number of hydrazine groups is 1. The highest BCUT2D eigenvalue weighted by atomic mass is 32.2. The number of fused-ring (bicyclic) bond motifs is 1. The SMILES string of the molecule is CN1CCN(NC2CS(=O)(=O)c3ccccc32)CC1. The van der Waals surface area contributed by atoms with E-state index in [1.54, 1.807) is 12.1 Å². The van der Waals surface area contributed by atoms with E-state index in [2.05, 4.69) is 22.4 Å². The molecule has 0 saturated carbocycles. The molecule has 1 N–H and O–H groups in total. The molecule has 19 heavy (non-hydrogen) atoms. The van der Waals surface area contributed by atoms with E-state index < -0.39 is 9.84 Å². The lowest BCUT2D eigenvalue weighted by Gasteiger charge is -2.34. The van der Waals surface area contributed by atoms with Gasteiger partial charge in [0.2, 0.25) is 0 Å². The van der Waals surface area contributed by atoms with Crippen molar-refractivity contribution in [3.8, 4) is 0 Å². The fourth-order valence-corrected chi connectivity index (χ4v) is 4.44. The molecule has 5 nitrogen and oxygen atoms in total. The molecule has 0 aromatic heterocycles. The number of nitrogens with one attached hydrogen (secondary N) is 1. The highest BCUT2D eigenvalue weighted by molar-refractivity contribution is 7.91. The second kappa shape index (κ2) is 4.86. The van der Waals surface area contributed by atoms with Crippen molar-refractivity contribution in [3.63, 3.8) is 0 Å². The van der Waals surface area contributed by atoms with Crippen LogP contribution in [0.25, 0.3) is 0 Å². The average molecular weight is 281 g/mol. The lowest BCUT2D eigenvalue weighted by atomic mass is 10.1. The van der Waals surface area contributed by atoms with Gasteiger partial charge in [-0.1, -0.05) is 18.2 Å². The minimum Gasteiger partial charge on any atom is -0.304 e. The topological polar surface area (TPSA) is 52.6 Å². The van der Waals surface area contributed by atoms with Crippen LogP contribution in [0.4, 0.5) is 0 Å². The molecular weight excluding hydrogens is 262 g/mol. The Balaban J connectivity index is 1.77. The fraction of sp³-hybridized carbons (Fsp3) is 0.538. The molecule has 1 fully saturated rings. The molecule has 0 bridgehead atoms. The van der Waals surface area contributed by atoms with Gasteiger partial charge < -0.3 is 4.90 Å². The van der Waals surface area contributed by atoms with Gasteiger partial charge in [0.25, 0.3) is 0 Å². The van der Waals surface area contributed by atoms with Crippen LogP contribution in [-0.4, -0.2) is 57.3 Å². The number of benzene rings is 1. The molecule has 1 atom stereocenters. The summed E-state index contributed by atoms with van der Waals surface area (Å²) in [6.45, 7) is 3.87. The predicted octanol–water partition coefficient (Wildman–Crippen LogP) is 0.267. The van der Waals surface area contributed by atoms with Gasteiger partial charge in [-0.25, -0.2) is 18.9 Å². The van der Waals surface area contributed by atoms with Crippen LogP contribution in [0.3, 0.4) is 0 Å². The van der Waals surface area contributed by atoms with E-state index in [-0.39, 0.29) is 11.8 Å². The highest BCUT2D eigenvalue weighted by Crippen LogP contribution is 2.33. The van der Waals surface area contributed by atoms with Crippen molar-refractivity contribution in [2.24, 2.45) is 0 Å². The molecule has 1 aromatic rings. The molecule has 2 aliphatic heterocycles. The summed E-state index contributed by atoms with van der Waals surface area (Å²) in [6.07, 6.45) is 0. The third kappa shape index (κ3) is 2.53. The Kier molecular flexibility index (Phi) is 3.34. The lowest BCUT2D eigenvalue weighted by molar-refractivity contribution is 0.0907. The van der Waals surface area contributed by atoms with Crippen molar-refractivity contribution in [3.05, 3.63) is 29.8 Å². The Morgan fingerprint density at radius 1 is 1.16 bits per heavy atom. The number of rotatable bonds is 2. The summed E-state index contributed by atoms with van der Waals surface area (Å²) in [5.41, 5.74) is 4.28. The first-order valence-corrected chi connectivity index (χ1v) is 8.23. The maximum absolute atomic E-state index is 12.1. The molecule has 2 heterocycles. The van der Waals surface area contributed by atoms with E-state index in [0.29, 0.717) is 4.90 Å². The monoisotopic (exact) mass is 281 g/mol. The Hall–Kier alpha value is -0.950. The molecule has 3 rings (SSSR count). The van der Waals surface area contributed by atoms with Gasteiger partial charge in [-0.2, -0.15) is 0 Å². The predicted molar refractivity (Wildman–Crippen MR) is 73.4 cm³/mol. The maximum Gasteiger partial charge on any atom is 0.180 e. The zero-order valence-corrected chi connectivity index (χ0v) is 11.9. The number of likely N-dealkylation sites (N-methyl/N-ethyl adjacent to an activating group) is 1. The van der Waals surface area contributed by atoms with Crippen molar-refractivity contribution in [2.75, 3.05) is 39.0 Å². The number of piperazine rings is 1. The summed E-state index contributed by atoms with van der Waals surface area (Å²) >= 11 is 0. The van der Waals surface area contributed by atoms with Crippen LogP contribution < -0.4 is 5.43 Å². The second-order valence-corrected chi connectivity index (χ2v) is 7.29. The van der Waals surface area contributed by atoms with Gasteiger partial charge in [0.05, 0.1) is 16.7 Å². The van der Waals surface area contributed by atoms with Gasteiger partial charge in [-0.05, 0) is 18.7 Å².